The Labute approximate surface area is 145 Å². The molecule has 1 fully saturated rings. The zero-order valence-corrected chi connectivity index (χ0v) is 14.0. The molecule has 25 heavy (non-hydrogen) atoms. The molecule has 1 aliphatic rings. The van der Waals surface area contributed by atoms with Gasteiger partial charge in [0.1, 0.15) is 12.7 Å². The molecule has 1 atom stereocenters. The van der Waals surface area contributed by atoms with Crippen molar-refractivity contribution in [2.45, 2.75) is 25.8 Å². The van der Waals surface area contributed by atoms with Crippen LogP contribution >= 0.6 is 0 Å². The van der Waals surface area contributed by atoms with Crippen LogP contribution in [0.1, 0.15) is 18.5 Å². The second kappa shape index (κ2) is 8.52. The van der Waals surface area contributed by atoms with Crippen LogP contribution in [0.25, 0.3) is 0 Å². The summed E-state index contributed by atoms with van der Waals surface area (Å²) in [5.74, 6) is 0.255. The maximum absolute atomic E-state index is 12.5. The van der Waals surface area contributed by atoms with Gasteiger partial charge in [0, 0.05) is 43.7 Å². The van der Waals surface area contributed by atoms with Crippen LogP contribution in [-0.2, 0) is 22.5 Å². The number of rotatable bonds is 6. The molecular weight excluding hydrogens is 324 g/mol. The summed E-state index contributed by atoms with van der Waals surface area (Å²) < 4.78 is 7.35. The number of aryl methyl sites for hydroxylation is 1. The fraction of sp³-hybridized carbons (Fsp3) is 0.562. The first kappa shape index (κ1) is 17.3. The third kappa shape index (κ3) is 5.21. The standard InChI is InChI=1S/C16H22N6O3/c23-15-7-14(18-11-19-15)6-13-8-21(4-5-25-9-13)16(24)2-1-3-22-12-17-10-20-22/h7,10-13H,1-6,8-9H2,(H,18,19,23)/t13-/m1/s1. The molecule has 0 aliphatic carbocycles. The van der Waals surface area contributed by atoms with Crippen molar-refractivity contribution in [3.8, 4) is 0 Å². The molecule has 9 nitrogen and oxygen atoms in total. The maximum Gasteiger partial charge on any atom is 0.250 e. The molecule has 2 aromatic rings. The van der Waals surface area contributed by atoms with E-state index in [1.165, 1.54) is 18.7 Å². The Bertz CT molecular complexity index is 729. The van der Waals surface area contributed by atoms with Crippen LogP contribution in [0.5, 0.6) is 0 Å². The van der Waals surface area contributed by atoms with E-state index in [0.29, 0.717) is 45.7 Å². The van der Waals surface area contributed by atoms with Gasteiger partial charge >= 0.3 is 0 Å². The Morgan fingerprint density at radius 2 is 2.36 bits per heavy atom. The van der Waals surface area contributed by atoms with E-state index in [9.17, 15) is 9.59 Å². The highest BCUT2D eigenvalue weighted by atomic mass is 16.5. The van der Waals surface area contributed by atoms with Crippen LogP contribution in [-0.4, -0.2) is 61.8 Å². The lowest BCUT2D eigenvalue weighted by molar-refractivity contribution is -0.131. The van der Waals surface area contributed by atoms with E-state index >= 15 is 0 Å². The number of ether oxygens (including phenoxy) is 1. The highest BCUT2D eigenvalue weighted by Crippen LogP contribution is 2.13. The van der Waals surface area contributed by atoms with Crippen LogP contribution < -0.4 is 5.56 Å². The molecule has 1 amide bonds. The number of nitrogens with one attached hydrogen (secondary N) is 1. The minimum atomic E-state index is -0.166. The molecule has 0 radical (unpaired) electrons. The maximum atomic E-state index is 12.5. The summed E-state index contributed by atoms with van der Waals surface area (Å²) in [6.45, 7) is 3.00. The average Bonchev–Trinajstić information content (AvgIpc) is 3.00. The largest absolute Gasteiger partial charge is 0.379 e. The average molecular weight is 346 g/mol. The van der Waals surface area contributed by atoms with Crippen LogP contribution in [0.2, 0.25) is 0 Å². The van der Waals surface area contributed by atoms with Crippen molar-refractivity contribution in [1.82, 2.24) is 29.6 Å². The SMILES string of the molecule is O=C(CCCn1cncn1)N1CCOC[C@H](Cc2cc(=O)[nH]cn2)C1. The first-order chi connectivity index (χ1) is 12.2. The molecule has 0 bridgehead atoms. The highest BCUT2D eigenvalue weighted by molar-refractivity contribution is 5.76. The normalized spacial score (nSPS) is 18.1. The van der Waals surface area contributed by atoms with Crippen molar-refractivity contribution < 1.29 is 9.53 Å². The third-order valence-corrected chi connectivity index (χ3v) is 4.17. The Hall–Kier alpha value is -2.55. The molecular formula is C16H22N6O3. The van der Waals surface area contributed by atoms with E-state index in [2.05, 4.69) is 20.1 Å². The first-order valence-corrected chi connectivity index (χ1v) is 8.42. The number of carbonyl (C=O) groups excluding carboxylic acids is 1. The van der Waals surface area contributed by atoms with Gasteiger partial charge in [-0.1, -0.05) is 0 Å². The van der Waals surface area contributed by atoms with Crippen molar-refractivity contribution in [3.63, 3.8) is 0 Å². The first-order valence-electron chi connectivity index (χ1n) is 8.42. The number of aromatic nitrogens is 5. The van der Waals surface area contributed by atoms with Gasteiger partial charge in [-0.25, -0.2) is 9.97 Å². The monoisotopic (exact) mass is 346 g/mol. The number of nitrogens with zero attached hydrogens (tertiary/aromatic N) is 5. The minimum Gasteiger partial charge on any atom is -0.379 e. The predicted molar refractivity (Wildman–Crippen MR) is 88.7 cm³/mol. The van der Waals surface area contributed by atoms with Crippen molar-refractivity contribution in [1.29, 1.82) is 0 Å². The molecule has 0 spiro atoms. The Balaban J connectivity index is 1.51. The number of hydrogen-bond donors (Lipinski definition) is 1. The Morgan fingerprint density at radius 1 is 1.44 bits per heavy atom. The van der Waals surface area contributed by atoms with E-state index in [-0.39, 0.29) is 17.4 Å². The van der Waals surface area contributed by atoms with E-state index in [1.807, 2.05) is 4.90 Å². The summed E-state index contributed by atoms with van der Waals surface area (Å²) in [6, 6.07) is 1.50. The Morgan fingerprint density at radius 3 is 3.16 bits per heavy atom. The predicted octanol–water partition coefficient (Wildman–Crippen LogP) is -0.141. The summed E-state index contributed by atoms with van der Waals surface area (Å²) in [6.07, 6.45) is 6.35. The van der Waals surface area contributed by atoms with Gasteiger partial charge < -0.3 is 14.6 Å². The van der Waals surface area contributed by atoms with Gasteiger partial charge in [0.15, 0.2) is 0 Å². The second-order valence-electron chi connectivity index (χ2n) is 6.15. The van der Waals surface area contributed by atoms with Gasteiger partial charge in [0.2, 0.25) is 5.91 Å². The van der Waals surface area contributed by atoms with Crippen LogP contribution in [0.4, 0.5) is 0 Å². The molecule has 9 heteroatoms. The fourth-order valence-electron chi connectivity index (χ4n) is 2.95. The van der Waals surface area contributed by atoms with Crippen molar-refractivity contribution in [3.05, 3.63) is 41.1 Å². The van der Waals surface area contributed by atoms with Crippen LogP contribution in [0.15, 0.2) is 29.8 Å². The summed E-state index contributed by atoms with van der Waals surface area (Å²) in [5.41, 5.74) is 0.554. The van der Waals surface area contributed by atoms with Crippen molar-refractivity contribution in [2.75, 3.05) is 26.3 Å². The molecule has 0 aromatic carbocycles. The number of amides is 1. The van der Waals surface area contributed by atoms with E-state index in [4.69, 9.17) is 4.74 Å². The minimum absolute atomic E-state index is 0.120. The van der Waals surface area contributed by atoms with Gasteiger partial charge in [0.25, 0.3) is 5.56 Å². The quantitative estimate of drug-likeness (QED) is 0.780. The molecule has 0 unspecified atom stereocenters. The van der Waals surface area contributed by atoms with Gasteiger partial charge in [-0.2, -0.15) is 5.10 Å². The lowest BCUT2D eigenvalue weighted by atomic mass is 10.0. The second-order valence-corrected chi connectivity index (χ2v) is 6.15. The van der Waals surface area contributed by atoms with Crippen LogP contribution in [0.3, 0.4) is 0 Å². The molecule has 3 rings (SSSR count). The Kier molecular flexibility index (Phi) is 5.89. The summed E-state index contributed by atoms with van der Waals surface area (Å²) in [5, 5.41) is 4.03. The molecule has 1 N–H and O–H groups in total. The molecule has 0 saturated carbocycles. The molecule has 1 aliphatic heterocycles. The van der Waals surface area contributed by atoms with Gasteiger partial charge in [-0.3, -0.25) is 14.3 Å². The van der Waals surface area contributed by atoms with Crippen molar-refractivity contribution >= 4 is 5.91 Å². The summed E-state index contributed by atoms with van der Waals surface area (Å²) in [7, 11) is 0. The van der Waals surface area contributed by atoms with E-state index in [1.54, 1.807) is 11.0 Å². The lowest BCUT2D eigenvalue weighted by Crippen LogP contribution is -2.36. The topological polar surface area (TPSA) is 106 Å². The molecule has 134 valence electrons. The number of hydrogen-bond acceptors (Lipinski definition) is 6. The smallest absolute Gasteiger partial charge is 0.250 e. The fourth-order valence-corrected chi connectivity index (χ4v) is 2.95. The number of aromatic amines is 1. The van der Waals surface area contributed by atoms with Gasteiger partial charge in [-0.15, -0.1) is 0 Å². The lowest BCUT2D eigenvalue weighted by Gasteiger charge is -2.23. The zero-order valence-electron chi connectivity index (χ0n) is 14.0. The van der Waals surface area contributed by atoms with Crippen molar-refractivity contribution in [2.24, 2.45) is 5.92 Å². The van der Waals surface area contributed by atoms with Crippen LogP contribution in [0, 0.1) is 5.92 Å². The number of carbonyl (C=O) groups is 1. The zero-order chi connectivity index (χ0) is 17.5. The highest BCUT2D eigenvalue weighted by Gasteiger charge is 2.23. The third-order valence-electron chi connectivity index (χ3n) is 4.17. The molecule has 2 aromatic heterocycles. The molecule has 3 heterocycles. The van der Waals surface area contributed by atoms with E-state index in [0.717, 1.165) is 12.1 Å². The summed E-state index contributed by atoms with van der Waals surface area (Å²) in [4.78, 5) is 36.3. The number of H-pyrrole nitrogens is 1. The van der Waals surface area contributed by atoms with E-state index < -0.39 is 0 Å². The molecule has 1 saturated heterocycles. The van der Waals surface area contributed by atoms with Gasteiger partial charge in [0.05, 0.1) is 19.5 Å². The van der Waals surface area contributed by atoms with Gasteiger partial charge in [-0.05, 0) is 12.8 Å². The summed E-state index contributed by atoms with van der Waals surface area (Å²) >= 11 is 0.